The number of carboxylic acids is 1. The van der Waals surface area contributed by atoms with Crippen molar-refractivity contribution in [2.45, 2.75) is 6.04 Å². The number of nitrogens with zero attached hydrogens (tertiary/aromatic N) is 1. The Hall–Kier alpha value is -1.99. The molecule has 1 aromatic rings. The van der Waals surface area contributed by atoms with Gasteiger partial charge in [-0.3, -0.25) is 4.79 Å². The average Bonchev–Trinajstić information content (AvgIpc) is 2.29. The Morgan fingerprint density at radius 3 is 2.12 bits per heavy atom. The molecule has 0 aliphatic heterocycles. The molecule has 0 aliphatic rings. The summed E-state index contributed by atoms with van der Waals surface area (Å²) in [4.78, 5) is 19.5. The van der Waals surface area contributed by atoms with Gasteiger partial charge in [-0.1, -0.05) is 0 Å². The zero-order valence-electron chi connectivity index (χ0n) is 8.41. The fourth-order valence-electron chi connectivity index (χ4n) is 0.613. The molecule has 0 saturated heterocycles. The standard InChI is InChI=1S/C6H6N2O.C3H7NO3/c7-5-1-3-6(8-9)4-2-5;4-2(1-5)3(6)7/h1-4H,7H2;2,5H,1,4H2,(H,6,7)/t;2-/m.0/s1. The van der Waals surface area contributed by atoms with Crippen LogP contribution in [0.5, 0.6) is 0 Å². The van der Waals surface area contributed by atoms with Gasteiger partial charge >= 0.3 is 5.97 Å². The van der Waals surface area contributed by atoms with Gasteiger partial charge in [0.05, 0.1) is 6.61 Å². The zero-order chi connectivity index (χ0) is 12.6. The Balaban J connectivity index is 0.000000293. The zero-order valence-corrected chi connectivity index (χ0v) is 8.41. The summed E-state index contributed by atoms with van der Waals surface area (Å²) in [5.74, 6) is -1.18. The van der Waals surface area contributed by atoms with Crippen molar-refractivity contribution >= 4 is 17.3 Å². The van der Waals surface area contributed by atoms with Gasteiger partial charge in [0.25, 0.3) is 0 Å². The van der Waals surface area contributed by atoms with Crippen molar-refractivity contribution in [1.29, 1.82) is 0 Å². The van der Waals surface area contributed by atoms with E-state index in [-0.39, 0.29) is 0 Å². The van der Waals surface area contributed by atoms with E-state index in [2.05, 4.69) is 5.18 Å². The monoisotopic (exact) mass is 227 g/mol. The van der Waals surface area contributed by atoms with Crippen LogP contribution in [0.3, 0.4) is 0 Å². The maximum atomic E-state index is 9.83. The van der Waals surface area contributed by atoms with Gasteiger partial charge in [-0.2, -0.15) is 0 Å². The molecule has 0 spiro atoms. The summed E-state index contributed by atoms with van der Waals surface area (Å²) in [6.45, 7) is -0.505. The van der Waals surface area contributed by atoms with Crippen molar-refractivity contribution in [1.82, 2.24) is 0 Å². The van der Waals surface area contributed by atoms with E-state index in [0.29, 0.717) is 11.4 Å². The number of carboxylic acid groups (broad SMARTS) is 1. The van der Waals surface area contributed by atoms with Crippen molar-refractivity contribution in [3.8, 4) is 0 Å². The second-order valence-electron chi connectivity index (χ2n) is 2.81. The lowest BCUT2D eigenvalue weighted by Crippen LogP contribution is -2.33. The number of rotatable bonds is 3. The number of aliphatic hydroxyl groups excluding tert-OH is 1. The summed E-state index contributed by atoms with van der Waals surface area (Å²) < 4.78 is 0. The van der Waals surface area contributed by atoms with Gasteiger partial charge in [0.2, 0.25) is 0 Å². The number of carbonyl (C=O) groups is 1. The maximum absolute atomic E-state index is 9.83. The molecule has 6 N–H and O–H groups in total. The first-order chi connectivity index (χ1) is 7.51. The highest BCUT2D eigenvalue weighted by Gasteiger charge is 2.06. The fourth-order valence-corrected chi connectivity index (χ4v) is 0.613. The quantitative estimate of drug-likeness (QED) is 0.425. The molecule has 1 atom stereocenters. The van der Waals surface area contributed by atoms with E-state index < -0.39 is 18.6 Å². The lowest BCUT2D eigenvalue weighted by molar-refractivity contribution is -0.139. The highest BCUT2D eigenvalue weighted by atomic mass is 16.4. The van der Waals surface area contributed by atoms with E-state index in [1.807, 2.05) is 0 Å². The first-order valence-corrected chi connectivity index (χ1v) is 4.29. The predicted molar refractivity (Wildman–Crippen MR) is 59.0 cm³/mol. The fraction of sp³-hybridized carbons (Fsp3) is 0.222. The maximum Gasteiger partial charge on any atom is 0.322 e. The van der Waals surface area contributed by atoms with Crippen LogP contribution in [0.4, 0.5) is 11.4 Å². The molecular weight excluding hydrogens is 214 g/mol. The summed E-state index contributed by atoms with van der Waals surface area (Å²) >= 11 is 0. The number of hydrogen-bond acceptors (Lipinski definition) is 6. The Bertz CT molecular complexity index is 339. The second-order valence-corrected chi connectivity index (χ2v) is 2.81. The molecule has 0 unspecified atom stereocenters. The van der Waals surface area contributed by atoms with Crippen LogP contribution in [0, 0.1) is 4.91 Å². The average molecular weight is 227 g/mol. The van der Waals surface area contributed by atoms with Crippen molar-refractivity contribution in [3.05, 3.63) is 29.2 Å². The number of aliphatic carboxylic acids is 1. The highest BCUT2D eigenvalue weighted by molar-refractivity contribution is 5.73. The molecule has 0 radical (unpaired) electrons. The van der Waals surface area contributed by atoms with Crippen molar-refractivity contribution in [2.75, 3.05) is 12.3 Å². The molecule has 0 aromatic heterocycles. The van der Waals surface area contributed by atoms with Gasteiger partial charge in [0, 0.05) is 5.69 Å². The van der Waals surface area contributed by atoms with Crippen LogP contribution in [0.2, 0.25) is 0 Å². The number of anilines is 1. The van der Waals surface area contributed by atoms with E-state index in [1.54, 1.807) is 24.3 Å². The van der Waals surface area contributed by atoms with Gasteiger partial charge in [-0.25, -0.2) is 0 Å². The van der Waals surface area contributed by atoms with Crippen molar-refractivity contribution < 1.29 is 15.0 Å². The van der Waals surface area contributed by atoms with E-state index >= 15 is 0 Å². The van der Waals surface area contributed by atoms with Crippen LogP contribution in [-0.4, -0.2) is 28.8 Å². The number of nitrogen functional groups attached to an aromatic ring is 1. The summed E-state index contributed by atoms with van der Waals surface area (Å²) in [5.41, 5.74) is 11.2. The molecule has 88 valence electrons. The molecule has 0 amide bonds. The normalized spacial score (nSPS) is 10.9. The Morgan fingerprint density at radius 1 is 1.38 bits per heavy atom. The largest absolute Gasteiger partial charge is 0.480 e. The molecule has 16 heavy (non-hydrogen) atoms. The third-order valence-corrected chi connectivity index (χ3v) is 1.51. The minimum Gasteiger partial charge on any atom is -0.480 e. The Labute approximate surface area is 91.7 Å². The van der Waals surface area contributed by atoms with E-state index in [4.69, 9.17) is 21.7 Å². The SMILES string of the molecule is N[C@@H](CO)C(=O)O.Nc1ccc(N=O)cc1. The van der Waals surface area contributed by atoms with E-state index in [9.17, 15) is 9.70 Å². The summed E-state index contributed by atoms with van der Waals surface area (Å²) in [7, 11) is 0. The van der Waals surface area contributed by atoms with Gasteiger partial charge in [-0.15, -0.1) is 4.91 Å². The summed E-state index contributed by atoms with van der Waals surface area (Å²) in [6, 6.07) is 5.29. The van der Waals surface area contributed by atoms with Gasteiger partial charge in [-0.05, 0) is 29.4 Å². The smallest absolute Gasteiger partial charge is 0.322 e. The Morgan fingerprint density at radius 2 is 1.88 bits per heavy atom. The highest BCUT2D eigenvalue weighted by Crippen LogP contribution is 2.12. The van der Waals surface area contributed by atoms with Gasteiger partial charge in [0.1, 0.15) is 11.7 Å². The first-order valence-electron chi connectivity index (χ1n) is 4.29. The van der Waals surface area contributed by atoms with Gasteiger partial charge in [0.15, 0.2) is 0 Å². The number of aliphatic hydroxyl groups is 1. The summed E-state index contributed by atoms with van der Waals surface area (Å²) in [5, 5.41) is 18.6. The van der Waals surface area contributed by atoms with E-state index in [0.717, 1.165) is 0 Å². The molecule has 7 nitrogen and oxygen atoms in total. The van der Waals surface area contributed by atoms with E-state index in [1.165, 1.54) is 0 Å². The van der Waals surface area contributed by atoms with Crippen molar-refractivity contribution in [2.24, 2.45) is 10.9 Å². The van der Waals surface area contributed by atoms with Crippen LogP contribution in [0.15, 0.2) is 29.4 Å². The molecule has 1 aromatic carbocycles. The number of nitrogens with two attached hydrogens (primary N) is 2. The lowest BCUT2D eigenvalue weighted by Gasteiger charge is -1.96. The third-order valence-electron chi connectivity index (χ3n) is 1.51. The first kappa shape index (κ1) is 14.0. The molecular formula is C9H13N3O4. The van der Waals surface area contributed by atoms with Crippen LogP contribution >= 0.6 is 0 Å². The van der Waals surface area contributed by atoms with Crippen LogP contribution in [0.25, 0.3) is 0 Å². The Kier molecular flexibility index (Phi) is 6.41. The molecule has 0 heterocycles. The number of nitroso groups, excluding NO2 is 1. The number of benzene rings is 1. The van der Waals surface area contributed by atoms with Crippen LogP contribution in [-0.2, 0) is 4.79 Å². The molecule has 1 rings (SSSR count). The summed E-state index contributed by atoms with van der Waals surface area (Å²) in [6.07, 6.45) is 0. The lowest BCUT2D eigenvalue weighted by atomic mass is 10.3. The van der Waals surface area contributed by atoms with Crippen LogP contribution < -0.4 is 11.5 Å². The minimum absolute atomic E-state index is 0.407. The molecule has 7 heteroatoms. The predicted octanol–water partition coefficient (Wildman–Crippen LogP) is 0.0573. The van der Waals surface area contributed by atoms with Gasteiger partial charge < -0.3 is 21.7 Å². The second kappa shape index (κ2) is 7.32. The third kappa shape index (κ3) is 5.68. The molecule has 0 fully saturated rings. The number of hydrogen-bond donors (Lipinski definition) is 4. The topological polar surface area (TPSA) is 139 Å². The minimum atomic E-state index is -1.18. The molecule has 0 aliphatic carbocycles. The molecule has 0 saturated carbocycles. The van der Waals surface area contributed by atoms with Crippen LogP contribution in [0.1, 0.15) is 0 Å². The molecule has 0 bridgehead atoms. The van der Waals surface area contributed by atoms with Crippen molar-refractivity contribution in [3.63, 3.8) is 0 Å².